The molecule has 1 N–H and O–H groups in total. The van der Waals surface area contributed by atoms with E-state index in [1.807, 2.05) is 30.3 Å². The number of sulfonamides is 1. The highest BCUT2D eigenvalue weighted by molar-refractivity contribution is 7.91. The predicted octanol–water partition coefficient (Wildman–Crippen LogP) is 3.41. The molecular weight excluding hydrogens is 434 g/mol. The summed E-state index contributed by atoms with van der Waals surface area (Å²) >= 11 is 1.09. The quantitative estimate of drug-likeness (QED) is 0.739. The number of piperidine rings is 2. The highest BCUT2D eigenvalue weighted by Crippen LogP contribution is 2.29. The maximum atomic E-state index is 13.1. The number of rotatable bonds is 5. The number of likely N-dealkylation sites (tertiary alicyclic amines) is 1. The van der Waals surface area contributed by atoms with Gasteiger partial charge in [-0.3, -0.25) is 9.59 Å². The van der Waals surface area contributed by atoms with Crippen LogP contribution in [0.15, 0.2) is 46.0 Å². The van der Waals surface area contributed by atoms with Gasteiger partial charge in [-0.15, -0.1) is 11.3 Å². The van der Waals surface area contributed by atoms with Crippen LogP contribution in [-0.2, 0) is 14.8 Å². The van der Waals surface area contributed by atoms with E-state index in [1.54, 1.807) is 10.3 Å². The maximum Gasteiger partial charge on any atom is 0.254 e. The molecule has 2 saturated heterocycles. The molecule has 2 amide bonds. The molecule has 2 aliphatic heterocycles. The maximum absolute atomic E-state index is 13.1. The second-order valence-electron chi connectivity index (χ2n) is 8.04. The van der Waals surface area contributed by atoms with E-state index < -0.39 is 10.0 Å². The topological polar surface area (TPSA) is 86.8 Å². The first-order chi connectivity index (χ1) is 14.9. The van der Waals surface area contributed by atoms with Crippen LogP contribution < -0.4 is 5.32 Å². The summed E-state index contributed by atoms with van der Waals surface area (Å²) in [6.45, 7) is 2.05. The number of para-hydroxylation sites is 1. The predicted molar refractivity (Wildman–Crippen MR) is 121 cm³/mol. The molecular formula is C22H27N3O4S2. The lowest BCUT2D eigenvalue weighted by atomic mass is 9.97. The number of carbonyl (C=O) groups is 2. The standard InChI is InChI=1S/C22H27N3O4S2/c26-21(23-19-7-3-1-4-8-19)17-9-13-25(14-10-17)31(28,29)20-15-18(16-30-20)22(27)24-11-5-2-6-12-24/h1,3-4,7-8,15-17H,2,5-6,9-14H2,(H,23,26). The van der Waals surface area contributed by atoms with Gasteiger partial charge in [-0.25, -0.2) is 8.42 Å². The number of nitrogens with zero attached hydrogens (tertiary/aromatic N) is 2. The van der Waals surface area contributed by atoms with E-state index in [0.29, 0.717) is 31.5 Å². The number of nitrogens with one attached hydrogen (secondary N) is 1. The summed E-state index contributed by atoms with van der Waals surface area (Å²) in [5.41, 5.74) is 1.19. The van der Waals surface area contributed by atoms with Gasteiger partial charge in [0.1, 0.15) is 4.21 Å². The Labute approximate surface area is 187 Å². The van der Waals surface area contributed by atoms with Gasteiger partial charge in [0.25, 0.3) is 15.9 Å². The van der Waals surface area contributed by atoms with Crippen LogP contribution in [0.25, 0.3) is 0 Å². The Morgan fingerprint density at radius 1 is 0.968 bits per heavy atom. The Bertz CT molecular complexity index is 1020. The van der Waals surface area contributed by atoms with Gasteiger partial charge in [0.15, 0.2) is 0 Å². The van der Waals surface area contributed by atoms with Crippen molar-refractivity contribution in [3.8, 4) is 0 Å². The Balaban J connectivity index is 1.36. The first-order valence-electron chi connectivity index (χ1n) is 10.7. The van der Waals surface area contributed by atoms with Gasteiger partial charge in [0.05, 0.1) is 5.56 Å². The summed E-state index contributed by atoms with van der Waals surface area (Å²) in [6.07, 6.45) is 4.07. The molecule has 0 bridgehead atoms. The average molecular weight is 462 g/mol. The Morgan fingerprint density at radius 3 is 2.32 bits per heavy atom. The molecule has 0 unspecified atom stereocenters. The molecule has 0 atom stereocenters. The van der Waals surface area contributed by atoms with Gasteiger partial charge < -0.3 is 10.2 Å². The van der Waals surface area contributed by atoms with E-state index >= 15 is 0 Å². The minimum Gasteiger partial charge on any atom is -0.339 e. The molecule has 0 aliphatic carbocycles. The highest BCUT2D eigenvalue weighted by atomic mass is 32.2. The summed E-state index contributed by atoms with van der Waals surface area (Å²) in [5.74, 6) is -0.381. The van der Waals surface area contributed by atoms with Crippen LogP contribution in [0.5, 0.6) is 0 Å². The first-order valence-corrected chi connectivity index (χ1v) is 13.0. The van der Waals surface area contributed by atoms with Crippen molar-refractivity contribution in [2.75, 3.05) is 31.5 Å². The zero-order valence-electron chi connectivity index (χ0n) is 17.3. The normalized spacial score (nSPS) is 18.6. The average Bonchev–Trinajstić information content (AvgIpc) is 3.31. The van der Waals surface area contributed by atoms with Crippen LogP contribution >= 0.6 is 11.3 Å². The Hall–Kier alpha value is -2.23. The lowest BCUT2D eigenvalue weighted by Crippen LogP contribution is -2.41. The van der Waals surface area contributed by atoms with Gasteiger partial charge in [-0.05, 0) is 50.3 Å². The molecule has 0 radical (unpaired) electrons. The van der Waals surface area contributed by atoms with Crippen LogP contribution in [0.3, 0.4) is 0 Å². The van der Waals surface area contributed by atoms with Crippen molar-refractivity contribution in [1.29, 1.82) is 0 Å². The summed E-state index contributed by atoms with van der Waals surface area (Å²) in [7, 11) is -3.66. The molecule has 0 saturated carbocycles. The molecule has 4 rings (SSSR count). The molecule has 7 nitrogen and oxygen atoms in total. The lowest BCUT2D eigenvalue weighted by Gasteiger charge is -2.30. The number of benzene rings is 1. The zero-order chi connectivity index (χ0) is 21.8. The molecule has 31 heavy (non-hydrogen) atoms. The van der Waals surface area contributed by atoms with E-state index in [-0.39, 0.29) is 21.9 Å². The van der Waals surface area contributed by atoms with Gasteiger partial charge in [-0.1, -0.05) is 18.2 Å². The third-order valence-electron chi connectivity index (χ3n) is 5.93. The molecule has 2 aromatic rings. The SMILES string of the molecule is O=C(Nc1ccccc1)C1CCN(S(=O)(=O)c2cc(C(=O)N3CCCCC3)cs2)CC1. The molecule has 2 fully saturated rings. The van der Waals surface area contributed by atoms with Gasteiger partial charge in [0, 0.05) is 43.2 Å². The minimum atomic E-state index is -3.66. The summed E-state index contributed by atoms with van der Waals surface area (Å²) in [6, 6.07) is 10.8. The molecule has 9 heteroatoms. The number of amides is 2. The first kappa shape index (κ1) is 22.0. The van der Waals surface area contributed by atoms with Gasteiger partial charge in [-0.2, -0.15) is 4.31 Å². The van der Waals surface area contributed by atoms with E-state index in [0.717, 1.165) is 49.4 Å². The third kappa shape index (κ3) is 4.99. The number of hydrogen-bond acceptors (Lipinski definition) is 5. The largest absolute Gasteiger partial charge is 0.339 e. The van der Waals surface area contributed by atoms with Crippen LogP contribution in [0.4, 0.5) is 5.69 Å². The molecule has 166 valence electrons. The Morgan fingerprint density at radius 2 is 1.65 bits per heavy atom. The van der Waals surface area contributed by atoms with Crippen molar-refractivity contribution in [3.63, 3.8) is 0 Å². The van der Waals surface area contributed by atoms with Crippen molar-refractivity contribution in [1.82, 2.24) is 9.21 Å². The van der Waals surface area contributed by atoms with Gasteiger partial charge in [0.2, 0.25) is 5.91 Å². The van der Waals surface area contributed by atoms with E-state index in [4.69, 9.17) is 0 Å². The van der Waals surface area contributed by atoms with Crippen molar-refractivity contribution >= 4 is 38.9 Å². The number of anilines is 1. The van der Waals surface area contributed by atoms with Crippen LogP contribution in [0.1, 0.15) is 42.5 Å². The zero-order valence-corrected chi connectivity index (χ0v) is 19.0. The van der Waals surface area contributed by atoms with Gasteiger partial charge >= 0.3 is 0 Å². The third-order valence-corrected chi connectivity index (χ3v) is 9.24. The van der Waals surface area contributed by atoms with Crippen molar-refractivity contribution in [2.45, 2.75) is 36.3 Å². The summed E-state index contributed by atoms with van der Waals surface area (Å²) < 4.78 is 27.8. The second-order valence-corrected chi connectivity index (χ2v) is 11.1. The molecule has 1 aromatic carbocycles. The number of hydrogen-bond donors (Lipinski definition) is 1. The molecule has 0 spiro atoms. The summed E-state index contributed by atoms with van der Waals surface area (Å²) in [4.78, 5) is 27.0. The molecule has 1 aromatic heterocycles. The molecule has 2 aliphatic rings. The summed E-state index contributed by atoms with van der Waals surface area (Å²) in [5, 5.41) is 4.54. The van der Waals surface area contributed by atoms with Crippen molar-refractivity contribution in [3.05, 3.63) is 47.3 Å². The van der Waals surface area contributed by atoms with E-state index in [2.05, 4.69) is 5.32 Å². The van der Waals surface area contributed by atoms with E-state index in [9.17, 15) is 18.0 Å². The smallest absolute Gasteiger partial charge is 0.254 e. The Kier molecular flexibility index (Phi) is 6.74. The number of carbonyl (C=O) groups excluding carboxylic acids is 2. The lowest BCUT2D eigenvalue weighted by molar-refractivity contribution is -0.120. The van der Waals surface area contributed by atoms with Crippen molar-refractivity contribution < 1.29 is 18.0 Å². The minimum absolute atomic E-state index is 0.0752. The second kappa shape index (κ2) is 9.50. The highest BCUT2D eigenvalue weighted by Gasteiger charge is 2.33. The van der Waals surface area contributed by atoms with Crippen LogP contribution in [0, 0.1) is 5.92 Å². The molecule has 3 heterocycles. The fraction of sp³-hybridized carbons (Fsp3) is 0.455. The van der Waals surface area contributed by atoms with E-state index in [1.165, 1.54) is 10.4 Å². The fourth-order valence-electron chi connectivity index (χ4n) is 4.09. The monoisotopic (exact) mass is 461 g/mol. The van der Waals surface area contributed by atoms with Crippen LogP contribution in [0.2, 0.25) is 0 Å². The van der Waals surface area contributed by atoms with Crippen molar-refractivity contribution in [2.24, 2.45) is 5.92 Å². The number of thiophene rings is 1. The van der Waals surface area contributed by atoms with Crippen LogP contribution in [-0.4, -0.2) is 55.6 Å². The fourth-order valence-corrected chi connectivity index (χ4v) is 6.87.